The van der Waals surface area contributed by atoms with Gasteiger partial charge in [0.2, 0.25) is 0 Å². The van der Waals surface area contributed by atoms with Crippen LogP contribution in [0.5, 0.6) is 0 Å². The lowest BCUT2D eigenvalue weighted by Gasteiger charge is -2.29. The summed E-state index contributed by atoms with van der Waals surface area (Å²) in [6, 6.07) is 0.332. The van der Waals surface area contributed by atoms with Crippen molar-refractivity contribution in [3.63, 3.8) is 0 Å². The molecule has 1 fully saturated rings. The molecule has 1 heterocycles. The average Bonchev–Trinajstić information content (AvgIpc) is 2.05. The predicted octanol–water partition coefficient (Wildman–Crippen LogP) is 1.40. The van der Waals surface area contributed by atoms with Crippen LogP contribution < -0.4 is 5.73 Å². The van der Waals surface area contributed by atoms with Crippen molar-refractivity contribution in [2.24, 2.45) is 17.6 Å². The van der Waals surface area contributed by atoms with E-state index in [0.29, 0.717) is 12.0 Å². The molecule has 0 radical (unpaired) electrons. The van der Waals surface area contributed by atoms with Crippen molar-refractivity contribution in [3.05, 3.63) is 0 Å². The van der Waals surface area contributed by atoms with Crippen LogP contribution in [-0.2, 0) is 4.74 Å². The fraction of sp³-hybridized carbons (Fsp3) is 1.00. The Kier molecular flexibility index (Phi) is 3.34. The second kappa shape index (κ2) is 4.07. The third kappa shape index (κ3) is 2.46. The highest BCUT2D eigenvalue weighted by atomic mass is 16.5. The first-order valence-corrected chi connectivity index (χ1v) is 4.55. The summed E-state index contributed by atoms with van der Waals surface area (Å²) in [6.07, 6.45) is 2.39. The summed E-state index contributed by atoms with van der Waals surface area (Å²) in [5.41, 5.74) is 5.83. The van der Waals surface area contributed by atoms with Crippen molar-refractivity contribution in [2.75, 3.05) is 13.2 Å². The molecule has 0 aromatic carbocycles. The molecule has 1 aliphatic rings. The molecular formula is C9H19NO. The Balaban J connectivity index is 2.32. The van der Waals surface area contributed by atoms with Crippen molar-refractivity contribution in [1.29, 1.82) is 0 Å². The summed E-state index contributed by atoms with van der Waals surface area (Å²) in [4.78, 5) is 0. The highest BCUT2D eigenvalue weighted by Gasteiger charge is 2.22. The van der Waals surface area contributed by atoms with Gasteiger partial charge < -0.3 is 10.5 Å². The Labute approximate surface area is 69.1 Å². The first kappa shape index (κ1) is 9.01. The van der Waals surface area contributed by atoms with E-state index in [1.165, 1.54) is 12.8 Å². The third-order valence-electron chi connectivity index (χ3n) is 2.84. The first-order chi connectivity index (χ1) is 5.22. The fourth-order valence-electron chi connectivity index (χ4n) is 1.67. The molecule has 0 amide bonds. The van der Waals surface area contributed by atoms with Gasteiger partial charge >= 0.3 is 0 Å². The van der Waals surface area contributed by atoms with Gasteiger partial charge in [0.1, 0.15) is 0 Å². The van der Waals surface area contributed by atoms with Crippen molar-refractivity contribution in [3.8, 4) is 0 Å². The summed E-state index contributed by atoms with van der Waals surface area (Å²) < 4.78 is 5.29. The maximum Gasteiger partial charge on any atom is 0.0468 e. The van der Waals surface area contributed by atoms with Gasteiger partial charge in [0.15, 0.2) is 0 Å². The number of hydrogen-bond donors (Lipinski definition) is 1. The molecule has 1 saturated heterocycles. The molecule has 0 aromatic rings. The molecule has 2 nitrogen and oxygen atoms in total. The van der Waals surface area contributed by atoms with Crippen molar-refractivity contribution in [2.45, 2.75) is 32.7 Å². The molecule has 0 aliphatic carbocycles. The Morgan fingerprint density at radius 3 is 2.27 bits per heavy atom. The third-order valence-corrected chi connectivity index (χ3v) is 2.84. The minimum atomic E-state index is 0.332. The highest BCUT2D eigenvalue weighted by Crippen LogP contribution is 2.24. The van der Waals surface area contributed by atoms with Crippen molar-refractivity contribution < 1.29 is 4.74 Å². The average molecular weight is 157 g/mol. The van der Waals surface area contributed by atoms with E-state index in [1.54, 1.807) is 0 Å². The van der Waals surface area contributed by atoms with Gasteiger partial charge in [-0.3, -0.25) is 0 Å². The lowest BCUT2D eigenvalue weighted by atomic mass is 9.83. The molecule has 2 unspecified atom stereocenters. The SMILES string of the molecule is CC(N)C(C)C1CCOCC1. The Morgan fingerprint density at radius 1 is 1.27 bits per heavy atom. The number of nitrogens with two attached hydrogens (primary N) is 1. The summed E-state index contributed by atoms with van der Waals surface area (Å²) >= 11 is 0. The largest absolute Gasteiger partial charge is 0.381 e. The zero-order valence-corrected chi connectivity index (χ0v) is 7.55. The van der Waals surface area contributed by atoms with E-state index in [9.17, 15) is 0 Å². The van der Waals surface area contributed by atoms with Gasteiger partial charge in [-0.1, -0.05) is 6.92 Å². The maximum absolute atomic E-state index is 5.83. The van der Waals surface area contributed by atoms with E-state index in [2.05, 4.69) is 13.8 Å². The van der Waals surface area contributed by atoms with Crippen molar-refractivity contribution >= 4 is 0 Å². The van der Waals surface area contributed by atoms with Crippen LogP contribution in [0.25, 0.3) is 0 Å². The van der Waals surface area contributed by atoms with Gasteiger partial charge in [-0.2, -0.15) is 0 Å². The van der Waals surface area contributed by atoms with Gasteiger partial charge in [0.05, 0.1) is 0 Å². The monoisotopic (exact) mass is 157 g/mol. The molecule has 2 heteroatoms. The molecular weight excluding hydrogens is 138 g/mol. The van der Waals surface area contributed by atoms with Gasteiger partial charge in [0, 0.05) is 19.3 Å². The lowest BCUT2D eigenvalue weighted by molar-refractivity contribution is 0.0461. The van der Waals surface area contributed by atoms with Crippen molar-refractivity contribution in [1.82, 2.24) is 0 Å². The smallest absolute Gasteiger partial charge is 0.0468 e. The van der Waals surface area contributed by atoms with E-state index in [-0.39, 0.29) is 0 Å². The Bertz CT molecular complexity index is 108. The molecule has 0 bridgehead atoms. The Hall–Kier alpha value is -0.0800. The normalized spacial score (nSPS) is 26.5. The zero-order chi connectivity index (χ0) is 8.27. The first-order valence-electron chi connectivity index (χ1n) is 4.55. The fourth-order valence-corrected chi connectivity index (χ4v) is 1.67. The minimum Gasteiger partial charge on any atom is -0.381 e. The van der Waals surface area contributed by atoms with Gasteiger partial charge in [-0.25, -0.2) is 0 Å². The summed E-state index contributed by atoms with van der Waals surface area (Å²) in [5.74, 6) is 1.45. The van der Waals surface area contributed by atoms with Gasteiger partial charge in [-0.05, 0) is 31.6 Å². The van der Waals surface area contributed by atoms with E-state index >= 15 is 0 Å². The molecule has 0 aromatic heterocycles. The van der Waals surface area contributed by atoms with Crippen LogP contribution in [0.15, 0.2) is 0 Å². The summed E-state index contributed by atoms with van der Waals surface area (Å²) in [7, 11) is 0. The maximum atomic E-state index is 5.83. The van der Waals surface area contributed by atoms with Crippen LogP contribution in [0.4, 0.5) is 0 Å². The standard InChI is InChI=1S/C9H19NO/c1-7(8(2)10)9-3-5-11-6-4-9/h7-9H,3-6,10H2,1-2H3. The van der Waals surface area contributed by atoms with E-state index < -0.39 is 0 Å². The molecule has 66 valence electrons. The molecule has 0 saturated carbocycles. The number of hydrogen-bond acceptors (Lipinski definition) is 2. The molecule has 0 spiro atoms. The van der Waals surface area contributed by atoms with Crippen LogP contribution in [0, 0.1) is 11.8 Å². The van der Waals surface area contributed by atoms with E-state index in [0.717, 1.165) is 19.1 Å². The van der Waals surface area contributed by atoms with Gasteiger partial charge in [0.25, 0.3) is 0 Å². The van der Waals surface area contributed by atoms with E-state index in [4.69, 9.17) is 10.5 Å². The van der Waals surface area contributed by atoms with Crippen LogP contribution in [0.2, 0.25) is 0 Å². The minimum absolute atomic E-state index is 0.332. The second-order valence-electron chi connectivity index (χ2n) is 3.67. The lowest BCUT2D eigenvalue weighted by Crippen LogP contribution is -2.33. The van der Waals surface area contributed by atoms with Crippen LogP contribution in [0.1, 0.15) is 26.7 Å². The molecule has 2 atom stereocenters. The molecule has 1 aliphatic heterocycles. The quantitative estimate of drug-likeness (QED) is 0.657. The predicted molar refractivity (Wildman–Crippen MR) is 46.4 cm³/mol. The van der Waals surface area contributed by atoms with Gasteiger partial charge in [-0.15, -0.1) is 0 Å². The zero-order valence-electron chi connectivity index (χ0n) is 7.55. The second-order valence-corrected chi connectivity index (χ2v) is 3.67. The number of rotatable bonds is 2. The van der Waals surface area contributed by atoms with Crippen LogP contribution >= 0.6 is 0 Å². The highest BCUT2D eigenvalue weighted by molar-refractivity contribution is 4.74. The summed E-state index contributed by atoms with van der Waals surface area (Å²) in [6.45, 7) is 6.21. The van der Waals surface area contributed by atoms with Crippen LogP contribution in [-0.4, -0.2) is 19.3 Å². The Morgan fingerprint density at radius 2 is 1.82 bits per heavy atom. The molecule has 11 heavy (non-hydrogen) atoms. The van der Waals surface area contributed by atoms with E-state index in [1.807, 2.05) is 0 Å². The van der Waals surface area contributed by atoms with Crippen LogP contribution in [0.3, 0.4) is 0 Å². The molecule has 1 rings (SSSR count). The number of ether oxygens (including phenoxy) is 1. The summed E-state index contributed by atoms with van der Waals surface area (Å²) in [5, 5.41) is 0. The topological polar surface area (TPSA) is 35.2 Å². The molecule has 2 N–H and O–H groups in total.